The van der Waals surface area contributed by atoms with Crippen molar-refractivity contribution in [2.45, 2.75) is 32.9 Å². The molecule has 1 fully saturated rings. The van der Waals surface area contributed by atoms with Gasteiger partial charge in [0.15, 0.2) is 0 Å². The van der Waals surface area contributed by atoms with E-state index in [1.807, 2.05) is 20.8 Å². The number of cyclic esters (lactones) is 1. The van der Waals surface area contributed by atoms with Crippen LogP contribution in [-0.4, -0.2) is 42.9 Å². The van der Waals surface area contributed by atoms with Gasteiger partial charge in [0.05, 0.1) is 18.8 Å². The van der Waals surface area contributed by atoms with Gasteiger partial charge in [0, 0.05) is 12.7 Å². The van der Waals surface area contributed by atoms with E-state index >= 15 is 0 Å². The van der Waals surface area contributed by atoms with E-state index in [4.69, 9.17) is 15.2 Å². The molecule has 0 bridgehead atoms. The monoisotopic (exact) mass is 321 g/mol. The highest BCUT2D eigenvalue weighted by Gasteiger charge is 2.27. The largest absolute Gasteiger partial charge is 0.447 e. The molecular formula is C16H23N3O4. The first-order valence-corrected chi connectivity index (χ1v) is 7.44. The quantitative estimate of drug-likeness (QED) is 0.865. The molecule has 0 saturated carbocycles. The molecule has 2 N–H and O–H groups in total. The Labute approximate surface area is 135 Å². The molecule has 0 radical (unpaired) electrons. The molecular weight excluding hydrogens is 298 g/mol. The van der Waals surface area contributed by atoms with E-state index in [1.54, 1.807) is 25.2 Å². The van der Waals surface area contributed by atoms with Gasteiger partial charge in [-0.05, 0) is 44.5 Å². The summed E-state index contributed by atoms with van der Waals surface area (Å²) in [6.45, 7) is 6.54. The van der Waals surface area contributed by atoms with Crippen molar-refractivity contribution < 1.29 is 19.1 Å². The van der Waals surface area contributed by atoms with Gasteiger partial charge in [0.1, 0.15) is 12.2 Å². The molecule has 7 nitrogen and oxygen atoms in total. The summed E-state index contributed by atoms with van der Waals surface area (Å²) in [5.41, 5.74) is 7.30. The first kappa shape index (κ1) is 16.9. The van der Waals surface area contributed by atoms with Gasteiger partial charge >= 0.3 is 12.2 Å². The number of rotatable bonds is 3. The lowest BCUT2D eigenvalue weighted by atomic mass is 10.1. The number of nitrogen functional groups attached to an aromatic ring is 1. The minimum absolute atomic E-state index is 0.277. The molecule has 2 rings (SSSR count). The molecule has 0 aliphatic carbocycles. The number of nitrogens with zero attached hydrogens (tertiary/aromatic N) is 2. The topological polar surface area (TPSA) is 85.1 Å². The van der Waals surface area contributed by atoms with Gasteiger partial charge in [-0.25, -0.2) is 9.59 Å². The van der Waals surface area contributed by atoms with Gasteiger partial charge in [0.2, 0.25) is 0 Å². The normalized spacial score (nSPS) is 14.6. The van der Waals surface area contributed by atoms with Crippen molar-refractivity contribution in [3.63, 3.8) is 0 Å². The van der Waals surface area contributed by atoms with Crippen molar-refractivity contribution >= 4 is 23.6 Å². The summed E-state index contributed by atoms with van der Waals surface area (Å²) in [6.07, 6.45) is -0.828. The Morgan fingerprint density at radius 2 is 2.13 bits per heavy atom. The zero-order chi connectivity index (χ0) is 17.2. The van der Waals surface area contributed by atoms with E-state index in [-0.39, 0.29) is 6.54 Å². The maximum Gasteiger partial charge on any atom is 0.414 e. The minimum atomic E-state index is -0.567. The van der Waals surface area contributed by atoms with Crippen LogP contribution in [0.4, 0.5) is 21.0 Å². The van der Waals surface area contributed by atoms with E-state index in [0.717, 1.165) is 5.56 Å². The number of amides is 2. The molecule has 1 aromatic rings. The molecule has 2 amide bonds. The lowest BCUT2D eigenvalue weighted by Gasteiger charge is -2.26. The number of carbonyl (C=O) groups is 2. The predicted octanol–water partition coefficient (Wildman–Crippen LogP) is 2.59. The lowest BCUT2D eigenvalue weighted by Crippen LogP contribution is -2.34. The van der Waals surface area contributed by atoms with E-state index < -0.39 is 17.8 Å². The summed E-state index contributed by atoms with van der Waals surface area (Å²) >= 11 is 0. The number of ether oxygens (including phenoxy) is 2. The smallest absolute Gasteiger partial charge is 0.414 e. The minimum Gasteiger partial charge on any atom is -0.447 e. The van der Waals surface area contributed by atoms with Crippen LogP contribution in [0.25, 0.3) is 0 Å². The summed E-state index contributed by atoms with van der Waals surface area (Å²) in [7, 11) is 1.64. The number of anilines is 2. The molecule has 1 heterocycles. The van der Waals surface area contributed by atoms with Gasteiger partial charge in [-0.15, -0.1) is 0 Å². The fourth-order valence-electron chi connectivity index (χ4n) is 2.27. The van der Waals surface area contributed by atoms with Crippen molar-refractivity contribution in [3.05, 3.63) is 23.8 Å². The van der Waals surface area contributed by atoms with Gasteiger partial charge < -0.3 is 20.1 Å². The Balaban J connectivity index is 2.20. The first-order chi connectivity index (χ1) is 10.7. The maximum atomic E-state index is 12.1. The SMILES string of the molecule is CN(Cc1cc(N)ccc1N1CCOC1=O)C(=O)OC(C)(C)C. The predicted molar refractivity (Wildman–Crippen MR) is 87.2 cm³/mol. The van der Waals surface area contributed by atoms with Crippen molar-refractivity contribution in [1.29, 1.82) is 0 Å². The standard InChI is InChI=1S/C16H23N3O4/c1-16(2,3)23-14(20)18(4)10-11-9-12(17)5-6-13(11)19-7-8-22-15(19)21/h5-6,9H,7-8,10,17H2,1-4H3. The van der Waals surface area contributed by atoms with Crippen molar-refractivity contribution in [1.82, 2.24) is 4.90 Å². The number of carbonyl (C=O) groups excluding carboxylic acids is 2. The number of nitrogens with two attached hydrogens (primary N) is 1. The molecule has 0 unspecified atom stereocenters. The van der Waals surface area contributed by atoms with E-state index in [2.05, 4.69) is 0 Å². The average molecular weight is 321 g/mol. The fraction of sp³-hybridized carbons (Fsp3) is 0.500. The Kier molecular flexibility index (Phi) is 4.68. The van der Waals surface area contributed by atoms with E-state index in [1.165, 1.54) is 9.80 Å². The number of hydrogen-bond donors (Lipinski definition) is 1. The van der Waals surface area contributed by atoms with Crippen LogP contribution in [0.15, 0.2) is 18.2 Å². The Hall–Kier alpha value is -2.44. The number of benzene rings is 1. The summed E-state index contributed by atoms with van der Waals surface area (Å²) in [6, 6.07) is 5.24. The molecule has 23 heavy (non-hydrogen) atoms. The third-order valence-corrected chi connectivity index (χ3v) is 3.27. The third-order valence-electron chi connectivity index (χ3n) is 3.27. The zero-order valence-corrected chi connectivity index (χ0v) is 14.0. The van der Waals surface area contributed by atoms with Crippen molar-refractivity contribution in [3.8, 4) is 0 Å². The molecule has 0 aromatic heterocycles. The van der Waals surface area contributed by atoms with Crippen LogP contribution >= 0.6 is 0 Å². The highest BCUT2D eigenvalue weighted by Crippen LogP contribution is 2.27. The fourth-order valence-corrected chi connectivity index (χ4v) is 2.27. The van der Waals surface area contributed by atoms with Crippen LogP contribution in [0.1, 0.15) is 26.3 Å². The average Bonchev–Trinajstić information content (AvgIpc) is 2.83. The Morgan fingerprint density at radius 1 is 1.43 bits per heavy atom. The molecule has 7 heteroatoms. The van der Waals surface area contributed by atoms with Crippen molar-refractivity contribution in [2.75, 3.05) is 30.8 Å². The maximum absolute atomic E-state index is 12.1. The summed E-state index contributed by atoms with van der Waals surface area (Å²) in [4.78, 5) is 26.9. The van der Waals surface area contributed by atoms with Gasteiger partial charge in [-0.3, -0.25) is 4.90 Å². The molecule has 126 valence electrons. The second kappa shape index (κ2) is 6.36. The van der Waals surface area contributed by atoms with Gasteiger partial charge in [-0.1, -0.05) is 0 Å². The summed E-state index contributed by atoms with van der Waals surface area (Å²) in [5.74, 6) is 0. The molecule has 0 atom stereocenters. The molecule has 1 aliphatic heterocycles. The van der Waals surface area contributed by atoms with Crippen LogP contribution in [0, 0.1) is 0 Å². The van der Waals surface area contributed by atoms with Crippen LogP contribution < -0.4 is 10.6 Å². The van der Waals surface area contributed by atoms with Gasteiger partial charge in [0.25, 0.3) is 0 Å². The van der Waals surface area contributed by atoms with Crippen LogP contribution in [-0.2, 0) is 16.0 Å². The van der Waals surface area contributed by atoms with Crippen LogP contribution in [0.3, 0.4) is 0 Å². The van der Waals surface area contributed by atoms with E-state index in [9.17, 15) is 9.59 Å². The highest BCUT2D eigenvalue weighted by molar-refractivity contribution is 5.90. The molecule has 1 aliphatic rings. The van der Waals surface area contributed by atoms with Crippen LogP contribution in [0.2, 0.25) is 0 Å². The second-order valence-electron chi connectivity index (χ2n) is 6.49. The van der Waals surface area contributed by atoms with E-state index in [0.29, 0.717) is 24.5 Å². The Morgan fingerprint density at radius 3 is 2.70 bits per heavy atom. The molecule has 0 spiro atoms. The third kappa shape index (κ3) is 4.28. The van der Waals surface area contributed by atoms with Crippen LogP contribution in [0.5, 0.6) is 0 Å². The first-order valence-electron chi connectivity index (χ1n) is 7.44. The molecule has 1 aromatic carbocycles. The zero-order valence-electron chi connectivity index (χ0n) is 14.0. The lowest BCUT2D eigenvalue weighted by molar-refractivity contribution is 0.0285. The second-order valence-corrected chi connectivity index (χ2v) is 6.49. The van der Waals surface area contributed by atoms with Crippen molar-refractivity contribution in [2.24, 2.45) is 0 Å². The Bertz CT molecular complexity index is 610. The summed E-state index contributed by atoms with van der Waals surface area (Å²) in [5, 5.41) is 0. The summed E-state index contributed by atoms with van der Waals surface area (Å²) < 4.78 is 10.3. The van der Waals surface area contributed by atoms with Gasteiger partial charge in [-0.2, -0.15) is 0 Å². The highest BCUT2D eigenvalue weighted by atomic mass is 16.6. The number of hydrogen-bond acceptors (Lipinski definition) is 5. The molecule has 1 saturated heterocycles.